The summed E-state index contributed by atoms with van der Waals surface area (Å²) in [5, 5.41) is 20.4. The highest BCUT2D eigenvalue weighted by Crippen LogP contribution is 2.45. The van der Waals surface area contributed by atoms with E-state index in [-0.39, 0.29) is 23.9 Å². The van der Waals surface area contributed by atoms with Gasteiger partial charge in [0.2, 0.25) is 0 Å². The molecule has 0 aromatic rings. The van der Waals surface area contributed by atoms with Crippen LogP contribution in [0.25, 0.3) is 0 Å². The third kappa shape index (κ3) is 6.13. The molecule has 5 atom stereocenters. The van der Waals surface area contributed by atoms with Crippen LogP contribution < -0.4 is 0 Å². The summed E-state index contributed by atoms with van der Waals surface area (Å²) in [4.78, 5) is 11.1. The number of carbonyl (C=O) groups excluding carboxylic acids is 1. The molecule has 2 aliphatic rings. The molecule has 5 heteroatoms. The molecule has 26 heavy (non-hydrogen) atoms. The van der Waals surface area contributed by atoms with Crippen molar-refractivity contribution >= 4 is 5.97 Å². The zero-order chi connectivity index (χ0) is 18.9. The van der Waals surface area contributed by atoms with E-state index in [0.29, 0.717) is 12.8 Å². The van der Waals surface area contributed by atoms with Crippen LogP contribution in [0, 0.1) is 11.8 Å². The van der Waals surface area contributed by atoms with Crippen molar-refractivity contribution < 1.29 is 24.5 Å². The second-order valence-electron chi connectivity index (χ2n) is 7.49. The van der Waals surface area contributed by atoms with E-state index in [1.807, 2.05) is 12.2 Å². The average molecular weight is 366 g/mol. The predicted octanol–water partition coefficient (Wildman–Crippen LogP) is 3.50. The van der Waals surface area contributed by atoms with Crippen LogP contribution in [-0.4, -0.2) is 41.6 Å². The SMILES string of the molecule is CCCCC[C@H](O)/C=C/C1[C@H](O)C[C@@H]2O/C(=C\CCCC(=O)OC)C[C@H]12. The number of hydrogen-bond donors (Lipinski definition) is 2. The van der Waals surface area contributed by atoms with Crippen LogP contribution in [0.1, 0.15) is 64.7 Å². The lowest BCUT2D eigenvalue weighted by atomic mass is 9.90. The lowest BCUT2D eigenvalue weighted by Gasteiger charge is -2.16. The zero-order valence-electron chi connectivity index (χ0n) is 16.1. The Hall–Kier alpha value is -1.33. The highest BCUT2D eigenvalue weighted by Gasteiger charge is 2.46. The first-order valence-electron chi connectivity index (χ1n) is 10.0. The maximum absolute atomic E-state index is 11.1. The largest absolute Gasteiger partial charge is 0.495 e. The molecule has 1 saturated heterocycles. The molecule has 1 heterocycles. The van der Waals surface area contributed by atoms with Crippen molar-refractivity contribution in [3.05, 3.63) is 24.0 Å². The van der Waals surface area contributed by atoms with Crippen molar-refractivity contribution in [2.75, 3.05) is 7.11 Å². The Balaban J connectivity index is 1.81. The Morgan fingerprint density at radius 2 is 2.19 bits per heavy atom. The Morgan fingerprint density at radius 3 is 2.92 bits per heavy atom. The van der Waals surface area contributed by atoms with Crippen molar-refractivity contribution in [2.24, 2.45) is 11.8 Å². The number of fused-ring (bicyclic) bond motifs is 1. The minimum atomic E-state index is -0.427. The standard InChI is InChI=1S/C21H34O5/c1-3-4-5-8-15(22)11-12-17-18-13-16(26-20(18)14-19(17)23)9-6-7-10-21(24)25-2/h9,11-12,15,17-20,22-23H,3-8,10,13-14H2,1-2H3/b12-11+,16-9-/t15-,17?,18+,19+,20-/m0/s1. The molecule has 0 radical (unpaired) electrons. The first kappa shape index (κ1) is 21.0. The second kappa shape index (κ2) is 10.7. The Kier molecular flexibility index (Phi) is 8.66. The van der Waals surface area contributed by atoms with Gasteiger partial charge in [-0.15, -0.1) is 0 Å². The number of unbranched alkanes of at least 4 members (excludes halogenated alkanes) is 3. The Bertz CT molecular complexity index is 499. The van der Waals surface area contributed by atoms with Crippen LogP contribution in [0.2, 0.25) is 0 Å². The molecular formula is C21H34O5. The summed E-state index contributed by atoms with van der Waals surface area (Å²) in [6, 6.07) is 0. The van der Waals surface area contributed by atoms with Gasteiger partial charge in [0.25, 0.3) is 0 Å². The zero-order valence-corrected chi connectivity index (χ0v) is 16.1. The molecule has 1 saturated carbocycles. The summed E-state index contributed by atoms with van der Waals surface area (Å²) in [6.45, 7) is 2.15. The summed E-state index contributed by atoms with van der Waals surface area (Å²) in [6.07, 6.45) is 12.7. The summed E-state index contributed by atoms with van der Waals surface area (Å²) < 4.78 is 10.6. The van der Waals surface area contributed by atoms with E-state index in [1.165, 1.54) is 7.11 Å². The van der Waals surface area contributed by atoms with Crippen LogP contribution in [0.3, 0.4) is 0 Å². The van der Waals surface area contributed by atoms with Gasteiger partial charge in [0.05, 0.1) is 25.1 Å². The maximum atomic E-state index is 11.1. The molecule has 1 aliphatic carbocycles. The van der Waals surface area contributed by atoms with Crippen molar-refractivity contribution in [3.8, 4) is 0 Å². The highest BCUT2D eigenvalue weighted by molar-refractivity contribution is 5.69. The number of aliphatic hydroxyl groups is 2. The first-order chi connectivity index (χ1) is 12.5. The van der Waals surface area contributed by atoms with Gasteiger partial charge in [-0.25, -0.2) is 0 Å². The number of methoxy groups -OCH3 is 1. The van der Waals surface area contributed by atoms with Crippen LogP contribution >= 0.6 is 0 Å². The maximum Gasteiger partial charge on any atom is 0.305 e. The monoisotopic (exact) mass is 366 g/mol. The normalized spacial score (nSPS) is 30.5. The van der Waals surface area contributed by atoms with Crippen molar-refractivity contribution in [3.63, 3.8) is 0 Å². The number of aliphatic hydroxyl groups excluding tert-OH is 2. The van der Waals surface area contributed by atoms with Gasteiger partial charge in [0.1, 0.15) is 6.10 Å². The van der Waals surface area contributed by atoms with E-state index < -0.39 is 12.2 Å². The molecule has 0 aromatic heterocycles. The van der Waals surface area contributed by atoms with Gasteiger partial charge in [0, 0.05) is 31.1 Å². The van der Waals surface area contributed by atoms with Crippen LogP contribution in [0.5, 0.6) is 0 Å². The fourth-order valence-electron chi connectivity index (χ4n) is 3.95. The third-order valence-electron chi connectivity index (χ3n) is 5.47. The molecule has 1 aliphatic heterocycles. The molecule has 1 unspecified atom stereocenters. The van der Waals surface area contributed by atoms with Crippen LogP contribution in [-0.2, 0) is 14.3 Å². The minimum absolute atomic E-state index is 0.0433. The molecule has 0 bridgehead atoms. The van der Waals surface area contributed by atoms with Gasteiger partial charge in [-0.05, 0) is 25.3 Å². The van der Waals surface area contributed by atoms with E-state index in [0.717, 1.165) is 50.7 Å². The quantitative estimate of drug-likeness (QED) is 0.352. The minimum Gasteiger partial charge on any atom is -0.495 e. The van der Waals surface area contributed by atoms with Crippen LogP contribution in [0.15, 0.2) is 24.0 Å². The number of rotatable bonds is 10. The Morgan fingerprint density at radius 1 is 1.38 bits per heavy atom. The van der Waals surface area contributed by atoms with E-state index >= 15 is 0 Å². The van der Waals surface area contributed by atoms with Gasteiger partial charge in [-0.2, -0.15) is 0 Å². The molecule has 0 amide bonds. The second-order valence-corrected chi connectivity index (χ2v) is 7.49. The van der Waals surface area contributed by atoms with E-state index in [2.05, 4.69) is 17.7 Å². The molecule has 2 rings (SSSR count). The van der Waals surface area contributed by atoms with Gasteiger partial charge in [-0.3, -0.25) is 4.79 Å². The van der Waals surface area contributed by atoms with Crippen molar-refractivity contribution in [1.29, 1.82) is 0 Å². The van der Waals surface area contributed by atoms with Gasteiger partial charge in [-0.1, -0.05) is 38.3 Å². The summed E-state index contributed by atoms with van der Waals surface area (Å²) >= 11 is 0. The van der Waals surface area contributed by atoms with Crippen LogP contribution in [0.4, 0.5) is 0 Å². The molecule has 2 fully saturated rings. The molecular weight excluding hydrogens is 332 g/mol. The fourth-order valence-corrected chi connectivity index (χ4v) is 3.95. The van der Waals surface area contributed by atoms with Crippen molar-refractivity contribution in [2.45, 2.75) is 83.0 Å². The lowest BCUT2D eigenvalue weighted by Crippen LogP contribution is -2.18. The molecule has 2 N–H and O–H groups in total. The Labute approximate surface area is 157 Å². The third-order valence-corrected chi connectivity index (χ3v) is 5.47. The number of hydrogen-bond acceptors (Lipinski definition) is 5. The molecule has 5 nitrogen and oxygen atoms in total. The summed E-state index contributed by atoms with van der Waals surface area (Å²) in [5.74, 6) is 1.11. The lowest BCUT2D eigenvalue weighted by molar-refractivity contribution is -0.140. The van der Waals surface area contributed by atoms with E-state index in [1.54, 1.807) is 0 Å². The number of allylic oxidation sites excluding steroid dienone is 2. The average Bonchev–Trinajstić information content (AvgIpc) is 3.13. The molecule has 0 aromatic carbocycles. The molecule has 148 valence electrons. The first-order valence-corrected chi connectivity index (χ1v) is 10.0. The number of ether oxygens (including phenoxy) is 2. The van der Waals surface area contributed by atoms with E-state index in [9.17, 15) is 15.0 Å². The number of carbonyl (C=O) groups is 1. The number of esters is 1. The van der Waals surface area contributed by atoms with Gasteiger partial charge in [0.15, 0.2) is 0 Å². The fraction of sp³-hybridized carbons (Fsp3) is 0.762. The summed E-state index contributed by atoms with van der Waals surface area (Å²) in [7, 11) is 1.40. The molecule has 0 spiro atoms. The van der Waals surface area contributed by atoms with E-state index in [4.69, 9.17) is 4.74 Å². The highest BCUT2D eigenvalue weighted by atomic mass is 16.5. The van der Waals surface area contributed by atoms with Gasteiger partial charge >= 0.3 is 5.97 Å². The topological polar surface area (TPSA) is 76.0 Å². The smallest absolute Gasteiger partial charge is 0.305 e. The predicted molar refractivity (Wildman–Crippen MR) is 100 cm³/mol. The van der Waals surface area contributed by atoms with Crippen molar-refractivity contribution in [1.82, 2.24) is 0 Å². The summed E-state index contributed by atoms with van der Waals surface area (Å²) in [5.41, 5.74) is 0. The van der Waals surface area contributed by atoms with Gasteiger partial charge < -0.3 is 19.7 Å².